The van der Waals surface area contributed by atoms with Crippen molar-refractivity contribution in [3.05, 3.63) is 12.3 Å². The van der Waals surface area contributed by atoms with E-state index in [1.165, 1.54) is 0 Å². The van der Waals surface area contributed by atoms with E-state index in [0.29, 0.717) is 6.54 Å². The lowest BCUT2D eigenvalue weighted by Crippen LogP contribution is -2.40. The monoisotopic (exact) mass is 127 g/mol. The Hall–Kier alpha value is -1.03. The van der Waals surface area contributed by atoms with Gasteiger partial charge in [0.2, 0.25) is 5.91 Å². The minimum Gasteiger partial charge on any atom is -0.369 e. The van der Waals surface area contributed by atoms with Crippen LogP contribution in [-0.2, 0) is 4.79 Å². The highest BCUT2D eigenvalue weighted by Gasteiger charge is 2.12. The van der Waals surface area contributed by atoms with Gasteiger partial charge < -0.3 is 11.2 Å². The van der Waals surface area contributed by atoms with Crippen molar-refractivity contribution in [3.8, 4) is 0 Å². The van der Waals surface area contributed by atoms with Crippen LogP contribution in [0.4, 0.5) is 0 Å². The highest BCUT2D eigenvalue weighted by Crippen LogP contribution is 1.96. The molecule has 0 bridgehead atoms. The summed E-state index contributed by atoms with van der Waals surface area (Å²) >= 11 is 0. The predicted molar refractivity (Wildman–Crippen MR) is 33.0 cm³/mol. The lowest BCUT2D eigenvalue weighted by atomic mass is 10.1. The first-order valence-electron chi connectivity index (χ1n) is 2.75. The fourth-order valence-corrected chi connectivity index (χ4v) is 0.656. The third-order valence-corrected chi connectivity index (χ3v) is 1.20. The van der Waals surface area contributed by atoms with Crippen LogP contribution >= 0.6 is 0 Å². The second-order valence-corrected chi connectivity index (χ2v) is 1.89. The molecule has 4 heteroatoms. The smallest absolute Gasteiger partial charge is 0.225 e. The molecule has 1 atom stereocenters. The van der Waals surface area contributed by atoms with Gasteiger partial charge >= 0.3 is 0 Å². The SMILES string of the molecule is NC(=O)C1C=CNNC1. The van der Waals surface area contributed by atoms with E-state index in [1.807, 2.05) is 0 Å². The van der Waals surface area contributed by atoms with E-state index in [-0.39, 0.29) is 11.8 Å². The Morgan fingerprint density at radius 1 is 1.78 bits per heavy atom. The van der Waals surface area contributed by atoms with Crippen LogP contribution < -0.4 is 16.6 Å². The van der Waals surface area contributed by atoms with Gasteiger partial charge in [-0.2, -0.15) is 0 Å². The number of hydrazine groups is 1. The molecule has 9 heavy (non-hydrogen) atoms. The van der Waals surface area contributed by atoms with Crippen LogP contribution in [0.2, 0.25) is 0 Å². The van der Waals surface area contributed by atoms with E-state index in [9.17, 15) is 4.79 Å². The van der Waals surface area contributed by atoms with E-state index in [4.69, 9.17) is 5.73 Å². The molecular weight excluding hydrogens is 118 g/mol. The molecule has 1 unspecified atom stereocenters. The molecule has 0 saturated heterocycles. The fraction of sp³-hybridized carbons (Fsp3) is 0.400. The summed E-state index contributed by atoms with van der Waals surface area (Å²) < 4.78 is 0. The number of rotatable bonds is 1. The fourth-order valence-electron chi connectivity index (χ4n) is 0.656. The van der Waals surface area contributed by atoms with Crippen LogP contribution in [0, 0.1) is 5.92 Å². The maximum atomic E-state index is 10.5. The van der Waals surface area contributed by atoms with Gasteiger partial charge in [-0.3, -0.25) is 4.79 Å². The van der Waals surface area contributed by atoms with Gasteiger partial charge in [0.05, 0.1) is 5.92 Å². The molecule has 0 radical (unpaired) electrons. The standard InChI is InChI=1S/C5H9N3O/c6-5(9)4-1-2-7-8-3-4/h1-2,4,7-8H,3H2,(H2,6,9). The first-order valence-corrected chi connectivity index (χ1v) is 2.75. The van der Waals surface area contributed by atoms with Crippen molar-refractivity contribution in [1.29, 1.82) is 0 Å². The van der Waals surface area contributed by atoms with Crippen LogP contribution in [0.1, 0.15) is 0 Å². The van der Waals surface area contributed by atoms with Gasteiger partial charge in [0.15, 0.2) is 0 Å². The third-order valence-electron chi connectivity index (χ3n) is 1.20. The van der Waals surface area contributed by atoms with E-state index < -0.39 is 0 Å². The normalized spacial score (nSPS) is 25.1. The Bertz CT molecular complexity index is 143. The Morgan fingerprint density at radius 3 is 2.89 bits per heavy atom. The minimum atomic E-state index is -0.291. The topological polar surface area (TPSA) is 67.2 Å². The Labute approximate surface area is 53.1 Å². The number of carbonyl (C=O) groups is 1. The molecule has 1 aliphatic rings. The zero-order valence-electron chi connectivity index (χ0n) is 4.92. The van der Waals surface area contributed by atoms with Crippen LogP contribution in [0.25, 0.3) is 0 Å². The van der Waals surface area contributed by atoms with Crippen molar-refractivity contribution >= 4 is 5.91 Å². The molecule has 4 nitrogen and oxygen atoms in total. The highest BCUT2D eigenvalue weighted by atomic mass is 16.1. The van der Waals surface area contributed by atoms with Crippen LogP contribution in [0.5, 0.6) is 0 Å². The minimum absolute atomic E-state index is 0.161. The van der Waals surface area contributed by atoms with Crippen LogP contribution in [0.15, 0.2) is 12.3 Å². The summed E-state index contributed by atoms with van der Waals surface area (Å²) in [5, 5.41) is 0. The van der Waals surface area contributed by atoms with Gasteiger partial charge in [0.1, 0.15) is 0 Å². The summed E-state index contributed by atoms with van der Waals surface area (Å²) in [6, 6.07) is 0. The van der Waals surface area contributed by atoms with Crippen LogP contribution in [0.3, 0.4) is 0 Å². The largest absolute Gasteiger partial charge is 0.369 e. The first kappa shape index (κ1) is 6.10. The van der Waals surface area contributed by atoms with Crippen molar-refractivity contribution < 1.29 is 4.79 Å². The summed E-state index contributed by atoms with van der Waals surface area (Å²) in [6.07, 6.45) is 3.40. The van der Waals surface area contributed by atoms with Crippen molar-refractivity contribution in [2.45, 2.75) is 0 Å². The molecule has 1 aliphatic heterocycles. The second-order valence-electron chi connectivity index (χ2n) is 1.89. The zero-order chi connectivity index (χ0) is 6.69. The molecule has 0 aromatic rings. The molecule has 4 N–H and O–H groups in total. The Kier molecular flexibility index (Phi) is 1.69. The van der Waals surface area contributed by atoms with E-state index in [0.717, 1.165) is 0 Å². The van der Waals surface area contributed by atoms with Gasteiger partial charge in [-0.05, 0) is 0 Å². The average Bonchev–Trinajstić information content (AvgIpc) is 1.90. The number of primary amides is 1. The van der Waals surface area contributed by atoms with Crippen molar-refractivity contribution in [3.63, 3.8) is 0 Å². The average molecular weight is 127 g/mol. The molecule has 1 heterocycles. The van der Waals surface area contributed by atoms with E-state index in [2.05, 4.69) is 10.9 Å². The number of amides is 1. The molecule has 0 spiro atoms. The molecule has 0 aromatic heterocycles. The summed E-state index contributed by atoms with van der Waals surface area (Å²) in [6.45, 7) is 0.575. The Morgan fingerprint density at radius 2 is 2.56 bits per heavy atom. The number of hydrogen-bond donors (Lipinski definition) is 3. The molecule has 0 fully saturated rings. The molecule has 1 amide bonds. The van der Waals surface area contributed by atoms with E-state index in [1.54, 1.807) is 12.3 Å². The quantitative estimate of drug-likeness (QED) is 0.410. The number of hydrogen-bond acceptors (Lipinski definition) is 3. The molecule has 50 valence electrons. The number of carbonyl (C=O) groups excluding carboxylic acids is 1. The molecule has 1 rings (SSSR count). The number of nitrogens with two attached hydrogens (primary N) is 1. The lowest BCUT2D eigenvalue weighted by molar-refractivity contribution is -0.120. The summed E-state index contributed by atoms with van der Waals surface area (Å²) in [7, 11) is 0. The second kappa shape index (κ2) is 2.50. The van der Waals surface area contributed by atoms with Crippen molar-refractivity contribution in [2.75, 3.05) is 6.54 Å². The van der Waals surface area contributed by atoms with Gasteiger partial charge in [-0.15, -0.1) is 0 Å². The summed E-state index contributed by atoms with van der Waals surface area (Å²) in [5.41, 5.74) is 10.5. The third kappa shape index (κ3) is 1.43. The predicted octanol–water partition coefficient (Wildman–Crippen LogP) is -1.29. The number of nitrogens with one attached hydrogen (secondary N) is 2. The van der Waals surface area contributed by atoms with Gasteiger partial charge in [0, 0.05) is 12.7 Å². The zero-order valence-corrected chi connectivity index (χ0v) is 4.92. The van der Waals surface area contributed by atoms with Gasteiger partial charge in [-0.25, -0.2) is 5.43 Å². The summed E-state index contributed by atoms with van der Waals surface area (Å²) in [5.74, 6) is -0.452. The molecular formula is C5H9N3O. The maximum Gasteiger partial charge on any atom is 0.225 e. The lowest BCUT2D eigenvalue weighted by Gasteiger charge is -2.14. The highest BCUT2D eigenvalue weighted by molar-refractivity contribution is 5.78. The summed E-state index contributed by atoms with van der Waals surface area (Å²) in [4.78, 5) is 10.5. The van der Waals surface area contributed by atoms with Crippen LogP contribution in [-0.4, -0.2) is 12.5 Å². The molecule has 0 saturated carbocycles. The maximum absolute atomic E-state index is 10.5. The van der Waals surface area contributed by atoms with Gasteiger partial charge in [0.25, 0.3) is 0 Å². The van der Waals surface area contributed by atoms with Gasteiger partial charge in [-0.1, -0.05) is 6.08 Å². The Balaban J connectivity index is 2.50. The first-order chi connectivity index (χ1) is 4.30. The molecule has 0 aliphatic carbocycles. The van der Waals surface area contributed by atoms with Crippen molar-refractivity contribution in [2.24, 2.45) is 11.7 Å². The molecule has 0 aromatic carbocycles. The van der Waals surface area contributed by atoms with Crippen molar-refractivity contribution in [1.82, 2.24) is 10.9 Å². The van der Waals surface area contributed by atoms with E-state index >= 15 is 0 Å².